The van der Waals surface area contributed by atoms with E-state index in [-0.39, 0.29) is 23.9 Å². The van der Waals surface area contributed by atoms with Crippen molar-refractivity contribution in [1.82, 2.24) is 15.0 Å². The maximum Gasteiger partial charge on any atom is 0.260 e. The fourth-order valence-electron chi connectivity index (χ4n) is 1.49. The second kappa shape index (κ2) is 7.81. The molecule has 0 aliphatic carbocycles. The van der Waals surface area contributed by atoms with Crippen LogP contribution in [0.1, 0.15) is 19.8 Å². The third-order valence-electron chi connectivity index (χ3n) is 2.51. The van der Waals surface area contributed by atoms with Gasteiger partial charge in [0.2, 0.25) is 5.91 Å². The Hall–Kier alpha value is -1.67. The van der Waals surface area contributed by atoms with Gasteiger partial charge in [0.1, 0.15) is 0 Å². The molecule has 0 aromatic carbocycles. The van der Waals surface area contributed by atoms with Crippen LogP contribution in [-0.4, -0.2) is 39.4 Å². The average Bonchev–Trinajstić information content (AvgIpc) is 2.45. The Morgan fingerprint density at radius 1 is 1.35 bits per heavy atom. The lowest BCUT2D eigenvalue weighted by Gasteiger charge is -2.11. The minimum atomic E-state index is -3.73. The van der Waals surface area contributed by atoms with E-state index >= 15 is 0 Å². The smallest absolute Gasteiger partial charge is 0.260 e. The Labute approximate surface area is 119 Å². The summed E-state index contributed by atoms with van der Waals surface area (Å²) in [5.41, 5.74) is 0.460. The summed E-state index contributed by atoms with van der Waals surface area (Å²) < 4.78 is 26.6. The number of carbonyl (C=O) groups excluding carboxylic acids is 1. The van der Waals surface area contributed by atoms with E-state index in [1.165, 1.54) is 13.2 Å². The molecular weight excluding hydrogens is 280 g/mol. The van der Waals surface area contributed by atoms with Crippen LogP contribution in [-0.2, 0) is 14.8 Å². The van der Waals surface area contributed by atoms with Crippen molar-refractivity contribution in [2.45, 2.75) is 24.8 Å². The molecule has 0 bridgehead atoms. The van der Waals surface area contributed by atoms with Crippen LogP contribution >= 0.6 is 0 Å². The molecule has 0 radical (unpaired) electrons. The highest BCUT2D eigenvalue weighted by atomic mass is 32.2. The SMILES string of the molecule is CCCNc1cccnc1S(=O)(=O)NCCC(=O)NC. The van der Waals surface area contributed by atoms with Gasteiger partial charge in [-0.1, -0.05) is 6.92 Å². The van der Waals surface area contributed by atoms with Gasteiger partial charge in [0.05, 0.1) is 5.69 Å². The minimum Gasteiger partial charge on any atom is -0.383 e. The summed E-state index contributed by atoms with van der Waals surface area (Å²) in [7, 11) is -2.23. The highest BCUT2D eigenvalue weighted by Gasteiger charge is 2.19. The fourth-order valence-corrected chi connectivity index (χ4v) is 2.63. The van der Waals surface area contributed by atoms with Gasteiger partial charge in [-0.05, 0) is 18.6 Å². The van der Waals surface area contributed by atoms with E-state index in [1.54, 1.807) is 12.1 Å². The number of hydrogen-bond donors (Lipinski definition) is 3. The monoisotopic (exact) mass is 300 g/mol. The molecule has 20 heavy (non-hydrogen) atoms. The Morgan fingerprint density at radius 2 is 2.10 bits per heavy atom. The first kappa shape index (κ1) is 16.4. The van der Waals surface area contributed by atoms with E-state index in [0.29, 0.717) is 12.2 Å². The summed E-state index contributed by atoms with van der Waals surface area (Å²) >= 11 is 0. The van der Waals surface area contributed by atoms with E-state index in [9.17, 15) is 13.2 Å². The second-order valence-electron chi connectivity index (χ2n) is 4.10. The first-order valence-corrected chi connectivity index (χ1v) is 7.88. The zero-order valence-electron chi connectivity index (χ0n) is 11.6. The zero-order chi connectivity index (χ0) is 15.0. The van der Waals surface area contributed by atoms with Crippen molar-refractivity contribution in [1.29, 1.82) is 0 Å². The van der Waals surface area contributed by atoms with Gasteiger partial charge in [-0.3, -0.25) is 4.79 Å². The Balaban J connectivity index is 2.78. The predicted molar refractivity (Wildman–Crippen MR) is 76.9 cm³/mol. The van der Waals surface area contributed by atoms with Crippen molar-refractivity contribution in [3.8, 4) is 0 Å². The quantitative estimate of drug-likeness (QED) is 0.642. The van der Waals surface area contributed by atoms with Crippen LogP contribution in [0.4, 0.5) is 5.69 Å². The van der Waals surface area contributed by atoms with Crippen LogP contribution in [0.5, 0.6) is 0 Å². The number of hydrogen-bond acceptors (Lipinski definition) is 5. The number of rotatable bonds is 8. The predicted octanol–water partition coefficient (Wildman–Crippen LogP) is 0.318. The molecule has 0 spiro atoms. The van der Waals surface area contributed by atoms with Gasteiger partial charge in [0.15, 0.2) is 5.03 Å². The van der Waals surface area contributed by atoms with Gasteiger partial charge in [0, 0.05) is 32.8 Å². The molecule has 0 atom stereocenters. The number of anilines is 1. The van der Waals surface area contributed by atoms with Crippen LogP contribution in [0, 0.1) is 0 Å². The standard InChI is InChI=1S/C12H20N4O3S/c1-3-7-14-10-5-4-8-15-12(10)20(18,19)16-9-6-11(17)13-2/h4-5,8,14,16H,3,6-7,9H2,1-2H3,(H,13,17). The van der Waals surface area contributed by atoms with Crippen molar-refractivity contribution in [3.05, 3.63) is 18.3 Å². The number of sulfonamides is 1. The van der Waals surface area contributed by atoms with Gasteiger partial charge in [-0.2, -0.15) is 0 Å². The first-order valence-electron chi connectivity index (χ1n) is 6.40. The highest BCUT2D eigenvalue weighted by molar-refractivity contribution is 7.89. The average molecular weight is 300 g/mol. The van der Waals surface area contributed by atoms with Crippen molar-refractivity contribution in [2.75, 3.05) is 25.5 Å². The Morgan fingerprint density at radius 3 is 2.75 bits per heavy atom. The summed E-state index contributed by atoms with van der Waals surface area (Å²) in [5.74, 6) is -0.224. The number of nitrogens with zero attached hydrogens (tertiary/aromatic N) is 1. The summed E-state index contributed by atoms with van der Waals surface area (Å²) in [4.78, 5) is 15.0. The highest BCUT2D eigenvalue weighted by Crippen LogP contribution is 2.17. The Kier molecular flexibility index (Phi) is 6.40. The second-order valence-corrected chi connectivity index (χ2v) is 5.79. The van der Waals surface area contributed by atoms with Crippen molar-refractivity contribution < 1.29 is 13.2 Å². The zero-order valence-corrected chi connectivity index (χ0v) is 12.5. The van der Waals surface area contributed by atoms with E-state index in [4.69, 9.17) is 0 Å². The molecule has 1 aromatic rings. The lowest BCUT2D eigenvalue weighted by Crippen LogP contribution is -2.30. The molecule has 0 fully saturated rings. The largest absolute Gasteiger partial charge is 0.383 e. The van der Waals surface area contributed by atoms with Gasteiger partial charge < -0.3 is 10.6 Å². The lowest BCUT2D eigenvalue weighted by atomic mass is 10.4. The fraction of sp³-hybridized carbons (Fsp3) is 0.500. The molecule has 1 rings (SSSR count). The van der Waals surface area contributed by atoms with Gasteiger partial charge in [-0.15, -0.1) is 0 Å². The maximum absolute atomic E-state index is 12.1. The molecule has 0 saturated carbocycles. The Bertz CT molecular complexity index is 545. The molecule has 0 aliphatic rings. The van der Waals surface area contributed by atoms with Crippen molar-refractivity contribution >= 4 is 21.6 Å². The maximum atomic E-state index is 12.1. The van der Waals surface area contributed by atoms with Crippen LogP contribution in [0.3, 0.4) is 0 Å². The number of aromatic nitrogens is 1. The normalized spacial score (nSPS) is 11.1. The number of carbonyl (C=O) groups is 1. The van der Waals surface area contributed by atoms with Crippen LogP contribution < -0.4 is 15.4 Å². The first-order chi connectivity index (χ1) is 9.51. The molecule has 0 unspecified atom stereocenters. The van der Waals surface area contributed by atoms with E-state index in [0.717, 1.165) is 6.42 Å². The molecule has 7 nitrogen and oxygen atoms in total. The van der Waals surface area contributed by atoms with Crippen molar-refractivity contribution in [3.63, 3.8) is 0 Å². The van der Waals surface area contributed by atoms with Crippen LogP contribution in [0.15, 0.2) is 23.4 Å². The van der Waals surface area contributed by atoms with E-state index < -0.39 is 10.0 Å². The summed E-state index contributed by atoms with van der Waals surface area (Å²) in [5, 5.41) is 5.40. The minimum absolute atomic E-state index is 0.0335. The summed E-state index contributed by atoms with van der Waals surface area (Å²) in [6, 6.07) is 3.33. The third kappa shape index (κ3) is 4.78. The number of amides is 1. The van der Waals surface area contributed by atoms with E-state index in [2.05, 4.69) is 20.3 Å². The van der Waals surface area contributed by atoms with Crippen molar-refractivity contribution in [2.24, 2.45) is 0 Å². The number of nitrogens with one attached hydrogen (secondary N) is 3. The molecule has 1 aromatic heterocycles. The molecular formula is C12H20N4O3S. The molecule has 3 N–H and O–H groups in total. The van der Waals surface area contributed by atoms with Gasteiger partial charge >= 0.3 is 0 Å². The van der Waals surface area contributed by atoms with Crippen LogP contribution in [0.2, 0.25) is 0 Å². The topological polar surface area (TPSA) is 100 Å². The molecule has 0 saturated heterocycles. The summed E-state index contributed by atoms with van der Waals surface area (Å²) in [6.45, 7) is 2.68. The molecule has 112 valence electrons. The lowest BCUT2D eigenvalue weighted by molar-refractivity contribution is -0.120. The van der Waals surface area contributed by atoms with Crippen LogP contribution in [0.25, 0.3) is 0 Å². The number of pyridine rings is 1. The molecule has 1 heterocycles. The van der Waals surface area contributed by atoms with E-state index in [1.807, 2.05) is 6.92 Å². The molecule has 8 heteroatoms. The summed E-state index contributed by atoms with van der Waals surface area (Å²) in [6.07, 6.45) is 2.38. The molecule has 1 amide bonds. The third-order valence-corrected chi connectivity index (χ3v) is 3.93. The van der Waals surface area contributed by atoms with Gasteiger partial charge in [0.25, 0.3) is 10.0 Å². The molecule has 0 aliphatic heterocycles. The van der Waals surface area contributed by atoms with Gasteiger partial charge in [-0.25, -0.2) is 18.1 Å².